The van der Waals surface area contributed by atoms with Crippen molar-refractivity contribution < 1.29 is 9.53 Å². The second-order valence-electron chi connectivity index (χ2n) is 5.71. The van der Waals surface area contributed by atoms with Gasteiger partial charge in [-0.1, -0.05) is 39.0 Å². The lowest BCUT2D eigenvalue weighted by Gasteiger charge is -2.17. The molecular formula is C16H30O2. The molecule has 0 spiro atoms. The van der Waals surface area contributed by atoms with E-state index < -0.39 is 0 Å². The van der Waals surface area contributed by atoms with Crippen LogP contribution in [0.4, 0.5) is 0 Å². The van der Waals surface area contributed by atoms with E-state index in [4.69, 9.17) is 4.74 Å². The van der Waals surface area contributed by atoms with Gasteiger partial charge in [0.2, 0.25) is 0 Å². The molecule has 0 aromatic rings. The standard InChI is InChI=1S/C16H30O2/c1-3-4-5-6-7-10-15(17)13-12-14-9-8-11-16(14)18-2/h14,16H,3-13H2,1-2H3. The first-order valence-electron chi connectivity index (χ1n) is 7.82. The molecule has 2 unspecified atom stereocenters. The molecule has 1 aliphatic rings. The van der Waals surface area contributed by atoms with E-state index in [1.54, 1.807) is 7.11 Å². The third-order valence-corrected chi connectivity index (χ3v) is 4.25. The zero-order chi connectivity index (χ0) is 13.2. The van der Waals surface area contributed by atoms with E-state index in [2.05, 4.69) is 6.92 Å². The van der Waals surface area contributed by atoms with Gasteiger partial charge in [-0.25, -0.2) is 0 Å². The summed E-state index contributed by atoms with van der Waals surface area (Å²) in [7, 11) is 1.80. The van der Waals surface area contributed by atoms with Crippen LogP contribution in [0.5, 0.6) is 0 Å². The summed E-state index contributed by atoms with van der Waals surface area (Å²) in [5.74, 6) is 1.10. The normalized spacial score (nSPS) is 23.4. The number of carbonyl (C=O) groups excluding carboxylic acids is 1. The van der Waals surface area contributed by atoms with Crippen molar-refractivity contribution in [1.29, 1.82) is 0 Å². The molecule has 0 aliphatic heterocycles. The molecule has 1 saturated carbocycles. The Morgan fingerprint density at radius 3 is 2.61 bits per heavy atom. The molecule has 0 bridgehead atoms. The Morgan fingerprint density at radius 2 is 1.89 bits per heavy atom. The molecule has 2 heteroatoms. The number of unbranched alkanes of at least 4 members (excludes halogenated alkanes) is 4. The van der Waals surface area contributed by atoms with Crippen LogP contribution in [-0.4, -0.2) is 19.0 Å². The number of ether oxygens (including phenoxy) is 1. The summed E-state index contributed by atoms with van der Waals surface area (Å²) in [6.45, 7) is 2.22. The van der Waals surface area contributed by atoms with Crippen molar-refractivity contribution in [2.24, 2.45) is 5.92 Å². The number of hydrogen-bond acceptors (Lipinski definition) is 2. The zero-order valence-corrected chi connectivity index (χ0v) is 12.2. The second kappa shape index (κ2) is 9.55. The molecule has 106 valence electrons. The Kier molecular flexibility index (Phi) is 8.32. The predicted octanol–water partition coefficient (Wildman–Crippen LogP) is 4.51. The summed E-state index contributed by atoms with van der Waals surface area (Å²) < 4.78 is 5.47. The summed E-state index contributed by atoms with van der Waals surface area (Å²) >= 11 is 0. The molecule has 0 radical (unpaired) electrons. The molecule has 1 aliphatic carbocycles. The maximum Gasteiger partial charge on any atom is 0.132 e. The first-order chi connectivity index (χ1) is 8.77. The Balaban J connectivity index is 2.02. The van der Waals surface area contributed by atoms with E-state index >= 15 is 0 Å². The average Bonchev–Trinajstić information content (AvgIpc) is 2.83. The highest BCUT2D eigenvalue weighted by molar-refractivity contribution is 5.78. The molecule has 0 aromatic carbocycles. The fourth-order valence-electron chi connectivity index (χ4n) is 3.04. The number of methoxy groups -OCH3 is 1. The van der Waals surface area contributed by atoms with Crippen LogP contribution in [0.25, 0.3) is 0 Å². The van der Waals surface area contributed by atoms with Gasteiger partial charge in [0.15, 0.2) is 0 Å². The molecule has 0 amide bonds. The molecule has 0 heterocycles. The Hall–Kier alpha value is -0.370. The maximum atomic E-state index is 11.8. The molecule has 2 nitrogen and oxygen atoms in total. The lowest BCUT2D eigenvalue weighted by atomic mass is 9.96. The van der Waals surface area contributed by atoms with Crippen molar-refractivity contribution in [2.75, 3.05) is 7.11 Å². The third kappa shape index (κ3) is 5.99. The molecule has 1 rings (SSSR count). The van der Waals surface area contributed by atoms with E-state index in [9.17, 15) is 4.79 Å². The van der Waals surface area contributed by atoms with Gasteiger partial charge in [-0.15, -0.1) is 0 Å². The van der Waals surface area contributed by atoms with Crippen LogP contribution in [0.2, 0.25) is 0 Å². The van der Waals surface area contributed by atoms with Crippen molar-refractivity contribution in [3.63, 3.8) is 0 Å². The Bertz CT molecular complexity index is 225. The van der Waals surface area contributed by atoms with Gasteiger partial charge < -0.3 is 4.74 Å². The van der Waals surface area contributed by atoms with Gasteiger partial charge in [-0.05, 0) is 31.6 Å². The monoisotopic (exact) mass is 254 g/mol. The van der Waals surface area contributed by atoms with Crippen LogP contribution in [0, 0.1) is 5.92 Å². The van der Waals surface area contributed by atoms with Crippen LogP contribution in [-0.2, 0) is 9.53 Å². The van der Waals surface area contributed by atoms with E-state index in [0.717, 1.165) is 25.7 Å². The maximum absolute atomic E-state index is 11.8. The van der Waals surface area contributed by atoms with E-state index in [0.29, 0.717) is 17.8 Å². The molecule has 1 fully saturated rings. The predicted molar refractivity (Wildman–Crippen MR) is 75.8 cm³/mol. The van der Waals surface area contributed by atoms with Gasteiger partial charge >= 0.3 is 0 Å². The fraction of sp³-hybridized carbons (Fsp3) is 0.938. The first-order valence-corrected chi connectivity index (χ1v) is 7.82. The highest BCUT2D eigenvalue weighted by Crippen LogP contribution is 2.31. The van der Waals surface area contributed by atoms with Gasteiger partial charge in [0.1, 0.15) is 5.78 Å². The lowest BCUT2D eigenvalue weighted by molar-refractivity contribution is -0.119. The lowest BCUT2D eigenvalue weighted by Crippen LogP contribution is -2.17. The smallest absolute Gasteiger partial charge is 0.132 e. The number of rotatable bonds is 10. The Morgan fingerprint density at radius 1 is 1.11 bits per heavy atom. The van der Waals surface area contributed by atoms with Crippen LogP contribution < -0.4 is 0 Å². The van der Waals surface area contributed by atoms with Gasteiger partial charge in [0.05, 0.1) is 6.10 Å². The SMILES string of the molecule is CCCCCCCC(=O)CCC1CCCC1OC. The zero-order valence-electron chi connectivity index (χ0n) is 12.2. The van der Waals surface area contributed by atoms with Crippen molar-refractivity contribution >= 4 is 5.78 Å². The highest BCUT2D eigenvalue weighted by Gasteiger charge is 2.26. The summed E-state index contributed by atoms with van der Waals surface area (Å²) in [6, 6.07) is 0. The minimum Gasteiger partial charge on any atom is -0.381 e. The number of hydrogen-bond donors (Lipinski definition) is 0. The summed E-state index contributed by atoms with van der Waals surface area (Å²) in [6.07, 6.45) is 12.9. The molecule has 0 saturated heterocycles. The first kappa shape index (κ1) is 15.7. The topological polar surface area (TPSA) is 26.3 Å². The fourth-order valence-corrected chi connectivity index (χ4v) is 3.04. The van der Waals surface area contributed by atoms with E-state index in [-0.39, 0.29) is 0 Å². The Labute approximate surface area is 112 Å². The molecular weight excluding hydrogens is 224 g/mol. The van der Waals surface area contributed by atoms with E-state index in [1.807, 2.05) is 0 Å². The average molecular weight is 254 g/mol. The number of carbonyl (C=O) groups is 1. The van der Waals surface area contributed by atoms with Crippen LogP contribution in [0.3, 0.4) is 0 Å². The van der Waals surface area contributed by atoms with Gasteiger partial charge in [-0.2, -0.15) is 0 Å². The van der Waals surface area contributed by atoms with Crippen LogP contribution >= 0.6 is 0 Å². The van der Waals surface area contributed by atoms with E-state index in [1.165, 1.54) is 44.9 Å². The van der Waals surface area contributed by atoms with Crippen LogP contribution in [0.15, 0.2) is 0 Å². The summed E-state index contributed by atoms with van der Waals surface area (Å²) in [5.41, 5.74) is 0. The molecule has 18 heavy (non-hydrogen) atoms. The van der Waals surface area contributed by atoms with Crippen LogP contribution in [0.1, 0.15) is 77.6 Å². The van der Waals surface area contributed by atoms with Crippen molar-refractivity contribution in [2.45, 2.75) is 83.7 Å². The number of ketones is 1. The molecule has 0 N–H and O–H groups in total. The van der Waals surface area contributed by atoms with Gasteiger partial charge in [0.25, 0.3) is 0 Å². The largest absolute Gasteiger partial charge is 0.381 e. The van der Waals surface area contributed by atoms with Crippen molar-refractivity contribution in [1.82, 2.24) is 0 Å². The van der Waals surface area contributed by atoms with Crippen molar-refractivity contribution in [3.8, 4) is 0 Å². The minimum atomic E-state index is 0.419. The minimum absolute atomic E-state index is 0.419. The van der Waals surface area contributed by atoms with Gasteiger partial charge in [-0.3, -0.25) is 4.79 Å². The summed E-state index contributed by atoms with van der Waals surface area (Å²) in [5, 5.41) is 0. The van der Waals surface area contributed by atoms with Crippen molar-refractivity contribution in [3.05, 3.63) is 0 Å². The third-order valence-electron chi connectivity index (χ3n) is 4.25. The highest BCUT2D eigenvalue weighted by atomic mass is 16.5. The molecule has 2 atom stereocenters. The molecule has 0 aromatic heterocycles. The van der Waals surface area contributed by atoms with Gasteiger partial charge in [0, 0.05) is 20.0 Å². The number of Topliss-reactive ketones (excluding diaryl/α,β-unsaturated/α-hetero) is 1. The second-order valence-corrected chi connectivity index (χ2v) is 5.71. The summed E-state index contributed by atoms with van der Waals surface area (Å²) in [4.78, 5) is 11.8. The quantitative estimate of drug-likeness (QED) is 0.536.